The first kappa shape index (κ1) is 17.6. The average molecular weight is 370 g/mol. The molecule has 0 spiro atoms. The highest BCUT2D eigenvalue weighted by Crippen LogP contribution is 2.35. The molecule has 0 fully saturated rings. The summed E-state index contributed by atoms with van der Waals surface area (Å²) in [4.78, 5) is 2.77. The van der Waals surface area contributed by atoms with Crippen LogP contribution in [0.2, 0.25) is 0 Å². The van der Waals surface area contributed by atoms with Crippen LogP contribution in [-0.2, 0) is 23.0 Å². The normalized spacial score (nSPS) is 12.4. The monoisotopic (exact) mass is 370 g/mol. The minimum atomic E-state index is -5.69. The van der Waals surface area contributed by atoms with E-state index in [9.17, 15) is 26.0 Å². The molecule has 0 aliphatic heterocycles. The van der Waals surface area contributed by atoms with E-state index in [0.29, 0.717) is 16.8 Å². The Balaban J connectivity index is 2.32. The SMILES string of the molecule is O=S(=O)(c1cc(F)ccc1NCc1nc(CO)cs1)C(F)(F)F. The van der Waals surface area contributed by atoms with E-state index >= 15 is 0 Å². The maximum Gasteiger partial charge on any atom is 0.501 e. The van der Waals surface area contributed by atoms with E-state index in [2.05, 4.69) is 10.3 Å². The number of aliphatic hydroxyl groups is 1. The van der Waals surface area contributed by atoms with E-state index < -0.39 is 26.1 Å². The first-order valence-electron chi connectivity index (χ1n) is 6.04. The molecule has 126 valence electrons. The van der Waals surface area contributed by atoms with E-state index in [-0.39, 0.29) is 18.8 Å². The zero-order valence-electron chi connectivity index (χ0n) is 11.3. The number of aliphatic hydroxyl groups excluding tert-OH is 1. The fraction of sp³-hybridized carbons (Fsp3) is 0.250. The van der Waals surface area contributed by atoms with Crippen LogP contribution in [0.4, 0.5) is 23.2 Å². The van der Waals surface area contributed by atoms with Gasteiger partial charge in [0.05, 0.1) is 24.5 Å². The average Bonchev–Trinajstić information content (AvgIpc) is 2.92. The Kier molecular flexibility index (Phi) is 4.92. The van der Waals surface area contributed by atoms with Gasteiger partial charge in [-0.3, -0.25) is 0 Å². The van der Waals surface area contributed by atoms with Gasteiger partial charge >= 0.3 is 5.51 Å². The van der Waals surface area contributed by atoms with Gasteiger partial charge in [0.1, 0.15) is 15.7 Å². The Bertz CT molecular complexity index is 803. The Morgan fingerprint density at radius 3 is 2.57 bits per heavy atom. The fourth-order valence-electron chi connectivity index (χ4n) is 1.66. The van der Waals surface area contributed by atoms with Crippen LogP contribution in [0.25, 0.3) is 0 Å². The molecule has 0 saturated carbocycles. The van der Waals surface area contributed by atoms with Gasteiger partial charge in [0.15, 0.2) is 0 Å². The zero-order chi connectivity index (χ0) is 17.3. The largest absolute Gasteiger partial charge is 0.501 e. The summed E-state index contributed by atoms with van der Waals surface area (Å²) in [5, 5.41) is 13.4. The topological polar surface area (TPSA) is 79.3 Å². The summed E-state index contributed by atoms with van der Waals surface area (Å²) < 4.78 is 74.2. The number of aromatic nitrogens is 1. The van der Waals surface area contributed by atoms with Crippen molar-refractivity contribution in [3.05, 3.63) is 40.1 Å². The van der Waals surface area contributed by atoms with Gasteiger partial charge in [0.2, 0.25) is 0 Å². The number of thiazole rings is 1. The summed E-state index contributed by atoms with van der Waals surface area (Å²) >= 11 is 1.14. The van der Waals surface area contributed by atoms with Crippen molar-refractivity contribution in [2.45, 2.75) is 23.6 Å². The van der Waals surface area contributed by atoms with Crippen LogP contribution in [0.1, 0.15) is 10.7 Å². The van der Waals surface area contributed by atoms with Crippen molar-refractivity contribution < 1.29 is 31.1 Å². The molecule has 11 heteroatoms. The number of anilines is 1. The van der Waals surface area contributed by atoms with E-state index in [1.807, 2.05) is 0 Å². The molecule has 0 saturated heterocycles. The molecule has 2 rings (SSSR count). The Hall–Kier alpha value is -1.72. The first-order valence-corrected chi connectivity index (χ1v) is 8.40. The van der Waals surface area contributed by atoms with Crippen LogP contribution >= 0.6 is 11.3 Å². The Morgan fingerprint density at radius 2 is 2.00 bits per heavy atom. The molecule has 0 aliphatic rings. The predicted molar refractivity (Wildman–Crippen MR) is 75.0 cm³/mol. The third kappa shape index (κ3) is 3.79. The standard InChI is InChI=1S/C12H10F4N2O3S2/c13-7-1-2-9(10(3-7)23(20,21)12(14,15)16)17-4-11-18-8(5-19)6-22-11/h1-3,6,17,19H,4-5H2. The van der Waals surface area contributed by atoms with E-state index in [1.54, 1.807) is 5.38 Å². The van der Waals surface area contributed by atoms with Crippen LogP contribution in [0, 0.1) is 5.82 Å². The van der Waals surface area contributed by atoms with Gasteiger partial charge < -0.3 is 10.4 Å². The molecule has 0 bridgehead atoms. The molecular weight excluding hydrogens is 360 g/mol. The number of halogens is 4. The van der Waals surface area contributed by atoms with Crippen molar-refractivity contribution in [2.24, 2.45) is 0 Å². The third-order valence-corrected chi connectivity index (χ3v) is 5.15. The molecule has 0 atom stereocenters. The quantitative estimate of drug-likeness (QED) is 0.791. The summed E-state index contributed by atoms with van der Waals surface area (Å²) in [7, 11) is -5.69. The summed E-state index contributed by atoms with van der Waals surface area (Å²) in [6, 6.07) is 2.07. The summed E-state index contributed by atoms with van der Waals surface area (Å²) in [5.74, 6) is -1.10. The number of benzene rings is 1. The summed E-state index contributed by atoms with van der Waals surface area (Å²) in [6.45, 7) is -0.364. The van der Waals surface area contributed by atoms with E-state index in [4.69, 9.17) is 5.11 Å². The molecule has 23 heavy (non-hydrogen) atoms. The minimum absolute atomic E-state index is 0.0727. The van der Waals surface area contributed by atoms with Crippen molar-refractivity contribution >= 4 is 26.9 Å². The molecule has 0 aliphatic carbocycles. The lowest BCUT2D eigenvalue weighted by molar-refractivity contribution is -0.0435. The Labute approximate surface area is 132 Å². The van der Waals surface area contributed by atoms with Gasteiger partial charge in [0, 0.05) is 5.38 Å². The zero-order valence-corrected chi connectivity index (χ0v) is 12.9. The molecule has 2 aromatic rings. The number of rotatable bonds is 5. The smallest absolute Gasteiger partial charge is 0.390 e. The number of nitrogens with zero attached hydrogens (tertiary/aromatic N) is 1. The highest BCUT2D eigenvalue weighted by atomic mass is 32.2. The van der Waals surface area contributed by atoms with Crippen LogP contribution in [0.3, 0.4) is 0 Å². The van der Waals surface area contributed by atoms with Crippen LogP contribution in [0.15, 0.2) is 28.5 Å². The van der Waals surface area contributed by atoms with Gasteiger partial charge in [-0.05, 0) is 18.2 Å². The molecule has 5 nitrogen and oxygen atoms in total. The van der Waals surface area contributed by atoms with Crippen LogP contribution in [-0.4, -0.2) is 24.0 Å². The number of alkyl halides is 3. The van der Waals surface area contributed by atoms with Crippen molar-refractivity contribution in [3.63, 3.8) is 0 Å². The molecule has 0 unspecified atom stereocenters. The summed E-state index contributed by atoms with van der Waals surface area (Å²) in [5.41, 5.74) is -5.54. The molecule has 0 radical (unpaired) electrons. The van der Waals surface area contributed by atoms with Crippen LogP contribution in [0.5, 0.6) is 0 Å². The predicted octanol–water partition coefficient (Wildman–Crippen LogP) is 2.68. The maximum atomic E-state index is 13.2. The van der Waals surface area contributed by atoms with Gasteiger partial charge in [0.25, 0.3) is 9.84 Å². The van der Waals surface area contributed by atoms with Gasteiger partial charge in [-0.25, -0.2) is 17.8 Å². The second-order valence-corrected chi connectivity index (χ2v) is 7.19. The van der Waals surface area contributed by atoms with Crippen molar-refractivity contribution in [1.29, 1.82) is 0 Å². The lowest BCUT2D eigenvalue weighted by Crippen LogP contribution is -2.24. The van der Waals surface area contributed by atoms with Gasteiger partial charge in [-0.15, -0.1) is 11.3 Å². The maximum absolute atomic E-state index is 13.2. The van der Waals surface area contributed by atoms with E-state index in [1.165, 1.54) is 0 Å². The van der Waals surface area contributed by atoms with E-state index in [0.717, 1.165) is 23.5 Å². The lowest BCUT2D eigenvalue weighted by Gasteiger charge is -2.13. The third-order valence-electron chi connectivity index (χ3n) is 2.73. The molecule has 1 aromatic carbocycles. The Morgan fingerprint density at radius 1 is 1.30 bits per heavy atom. The molecule has 1 heterocycles. The minimum Gasteiger partial charge on any atom is -0.390 e. The van der Waals surface area contributed by atoms with Crippen molar-refractivity contribution in [3.8, 4) is 0 Å². The molecular formula is C12H10F4N2O3S2. The van der Waals surface area contributed by atoms with Crippen LogP contribution < -0.4 is 5.32 Å². The highest BCUT2D eigenvalue weighted by molar-refractivity contribution is 7.92. The van der Waals surface area contributed by atoms with Gasteiger partial charge in [-0.1, -0.05) is 0 Å². The number of nitrogens with one attached hydrogen (secondary N) is 1. The van der Waals surface area contributed by atoms with Crippen molar-refractivity contribution in [1.82, 2.24) is 4.98 Å². The van der Waals surface area contributed by atoms with Gasteiger partial charge in [-0.2, -0.15) is 13.2 Å². The van der Waals surface area contributed by atoms with Crippen molar-refractivity contribution in [2.75, 3.05) is 5.32 Å². The molecule has 2 N–H and O–H groups in total. The lowest BCUT2D eigenvalue weighted by atomic mass is 10.3. The summed E-state index contributed by atoms with van der Waals surface area (Å²) in [6.07, 6.45) is 0. The highest BCUT2D eigenvalue weighted by Gasteiger charge is 2.48. The molecule has 1 aromatic heterocycles. The number of hydrogen-bond donors (Lipinski definition) is 2. The second kappa shape index (κ2) is 6.42. The second-order valence-electron chi connectivity index (χ2n) is 4.33. The molecule has 0 amide bonds. The number of hydrogen-bond acceptors (Lipinski definition) is 6. The fourth-order valence-corrected chi connectivity index (χ4v) is 3.33. The first-order chi connectivity index (χ1) is 10.6. The number of sulfone groups is 1.